The predicted molar refractivity (Wildman–Crippen MR) is 73.5 cm³/mol. The van der Waals surface area contributed by atoms with Crippen LogP contribution in [0, 0.1) is 10.1 Å². The van der Waals surface area contributed by atoms with Crippen LogP contribution in [0.4, 0.5) is 0 Å². The van der Waals surface area contributed by atoms with Gasteiger partial charge in [0.25, 0.3) is 5.54 Å². The number of carbonyl (C=O) groups excluding carboxylic acids is 1. The third-order valence-corrected chi connectivity index (χ3v) is 4.10. The fourth-order valence-corrected chi connectivity index (χ4v) is 3.08. The average molecular weight is 286 g/mol. The summed E-state index contributed by atoms with van der Waals surface area (Å²) in [4.78, 5) is 32.8. The highest BCUT2D eigenvalue weighted by atomic mass is 16.6. The Morgan fingerprint density at radius 2 is 2.05 bits per heavy atom. The van der Waals surface area contributed by atoms with Gasteiger partial charge in [-0.05, 0) is 12.0 Å². The number of aromatic nitrogens is 2. The molecule has 7 heteroatoms. The number of hydrogen-bond acceptors (Lipinski definition) is 5. The zero-order valence-corrected chi connectivity index (χ0v) is 11.5. The Morgan fingerprint density at radius 1 is 1.33 bits per heavy atom. The summed E-state index contributed by atoms with van der Waals surface area (Å²) in [5, 5.41) is 11.9. The number of nitrogens with zero attached hydrogens (tertiary/aromatic N) is 4. The Bertz CT molecular complexity index is 668. The highest BCUT2D eigenvalue weighted by Gasteiger charge is 2.54. The molecule has 1 aromatic rings. The minimum Gasteiger partial charge on any atom is -0.312 e. The number of rotatable bonds is 2. The number of amides is 1. The van der Waals surface area contributed by atoms with Crippen molar-refractivity contribution in [3.05, 3.63) is 57.8 Å². The van der Waals surface area contributed by atoms with E-state index in [2.05, 4.69) is 9.97 Å². The Morgan fingerprint density at radius 3 is 2.71 bits per heavy atom. The standard InChI is InChI=1S/C14H14N4O3/c1-17-12(19)5-4-10-3-2-6-14(13(10)17,18(20)21)11-7-15-9-16-8-11/h2-3,7-9H,4-6H2,1H3. The monoisotopic (exact) mass is 286 g/mol. The lowest BCUT2D eigenvalue weighted by atomic mass is 9.77. The molecule has 0 N–H and O–H groups in total. The molecule has 0 radical (unpaired) electrons. The van der Waals surface area contributed by atoms with Gasteiger partial charge in [0, 0.05) is 37.2 Å². The van der Waals surface area contributed by atoms with E-state index in [0.717, 1.165) is 5.57 Å². The van der Waals surface area contributed by atoms with E-state index in [0.29, 0.717) is 24.1 Å². The first kappa shape index (κ1) is 13.4. The molecule has 1 unspecified atom stereocenters. The first-order valence-corrected chi connectivity index (χ1v) is 6.64. The Balaban J connectivity index is 2.26. The highest BCUT2D eigenvalue weighted by Crippen LogP contribution is 2.44. The molecule has 1 aliphatic heterocycles. The second-order valence-electron chi connectivity index (χ2n) is 5.18. The second kappa shape index (κ2) is 4.76. The number of allylic oxidation sites excluding steroid dienone is 2. The van der Waals surface area contributed by atoms with Crippen LogP contribution in [0.15, 0.2) is 42.1 Å². The van der Waals surface area contributed by atoms with Crippen molar-refractivity contribution < 1.29 is 9.72 Å². The van der Waals surface area contributed by atoms with Gasteiger partial charge in [-0.2, -0.15) is 0 Å². The van der Waals surface area contributed by atoms with E-state index in [1.54, 1.807) is 13.1 Å². The lowest BCUT2D eigenvalue weighted by Crippen LogP contribution is -2.48. The molecule has 108 valence electrons. The van der Waals surface area contributed by atoms with E-state index in [9.17, 15) is 14.9 Å². The van der Waals surface area contributed by atoms with Crippen LogP contribution < -0.4 is 0 Å². The molecule has 2 aliphatic rings. The van der Waals surface area contributed by atoms with Crippen molar-refractivity contribution in [1.82, 2.24) is 14.9 Å². The molecular formula is C14H14N4O3. The molecule has 1 aromatic heterocycles. The van der Waals surface area contributed by atoms with Gasteiger partial charge < -0.3 is 4.90 Å². The van der Waals surface area contributed by atoms with E-state index >= 15 is 0 Å². The third-order valence-electron chi connectivity index (χ3n) is 4.10. The molecule has 1 amide bonds. The van der Waals surface area contributed by atoms with E-state index in [1.165, 1.54) is 23.6 Å². The molecule has 0 saturated carbocycles. The number of nitro groups is 1. The maximum Gasteiger partial charge on any atom is 0.293 e. The van der Waals surface area contributed by atoms with Crippen LogP contribution in [0.1, 0.15) is 24.8 Å². The summed E-state index contributed by atoms with van der Waals surface area (Å²) in [6.07, 6.45) is 8.99. The number of carbonyl (C=O) groups is 1. The fraction of sp³-hybridized carbons (Fsp3) is 0.357. The van der Waals surface area contributed by atoms with Crippen LogP contribution in [0.5, 0.6) is 0 Å². The summed E-state index contributed by atoms with van der Waals surface area (Å²) in [6, 6.07) is 0. The largest absolute Gasteiger partial charge is 0.312 e. The van der Waals surface area contributed by atoms with Crippen molar-refractivity contribution in [3.8, 4) is 0 Å². The number of hydrogen-bond donors (Lipinski definition) is 0. The molecule has 21 heavy (non-hydrogen) atoms. The van der Waals surface area contributed by atoms with Crippen LogP contribution >= 0.6 is 0 Å². The van der Waals surface area contributed by atoms with Gasteiger partial charge in [-0.15, -0.1) is 0 Å². The molecule has 3 rings (SSSR count). The Kier molecular flexibility index (Phi) is 3.04. The minimum atomic E-state index is -1.49. The van der Waals surface area contributed by atoms with Gasteiger partial charge in [0.05, 0.1) is 5.56 Å². The molecule has 0 fully saturated rings. The van der Waals surface area contributed by atoms with E-state index in [-0.39, 0.29) is 17.3 Å². The summed E-state index contributed by atoms with van der Waals surface area (Å²) in [5.74, 6) is -0.105. The van der Waals surface area contributed by atoms with Crippen molar-refractivity contribution in [2.45, 2.75) is 24.8 Å². The average Bonchev–Trinajstić information content (AvgIpc) is 2.51. The molecule has 7 nitrogen and oxygen atoms in total. The summed E-state index contributed by atoms with van der Waals surface area (Å²) in [7, 11) is 1.60. The third kappa shape index (κ3) is 1.84. The van der Waals surface area contributed by atoms with Gasteiger partial charge in [-0.1, -0.05) is 12.2 Å². The van der Waals surface area contributed by atoms with Crippen molar-refractivity contribution in [2.24, 2.45) is 0 Å². The SMILES string of the molecule is CN1C(=O)CCC2=C1C(c1cncnc1)([N+](=O)[O-])CC=C2. The van der Waals surface area contributed by atoms with Gasteiger partial charge >= 0.3 is 0 Å². The first-order valence-electron chi connectivity index (χ1n) is 6.64. The zero-order valence-electron chi connectivity index (χ0n) is 11.5. The van der Waals surface area contributed by atoms with E-state index < -0.39 is 5.54 Å². The van der Waals surface area contributed by atoms with Gasteiger partial charge in [0.2, 0.25) is 5.91 Å². The van der Waals surface area contributed by atoms with Crippen molar-refractivity contribution in [1.29, 1.82) is 0 Å². The van der Waals surface area contributed by atoms with Gasteiger partial charge in [-0.25, -0.2) is 9.97 Å². The maximum atomic E-state index is 12.0. The summed E-state index contributed by atoms with van der Waals surface area (Å²) in [5.41, 5.74) is 0.189. The van der Waals surface area contributed by atoms with Crippen LogP contribution in [-0.2, 0) is 10.3 Å². The molecule has 1 aliphatic carbocycles. The smallest absolute Gasteiger partial charge is 0.293 e. The second-order valence-corrected chi connectivity index (χ2v) is 5.18. The molecule has 0 aromatic carbocycles. The maximum absolute atomic E-state index is 12.0. The Labute approximate surface area is 121 Å². The van der Waals surface area contributed by atoms with E-state index in [1.807, 2.05) is 6.08 Å². The van der Waals surface area contributed by atoms with Crippen LogP contribution in [0.25, 0.3) is 0 Å². The summed E-state index contributed by atoms with van der Waals surface area (Å²) >= 11 is 0. The molecule has 0 spiro atoms. The van der Waals surface area contributed by atoms with Crippen molar-refractivity contribution in [2.75, 3.05) is 7.05 Å². The summed E-state index contributed by atoms with van der Waals surface area (Å²) in [6.45, 7) is 0. The lowest BCUT2D eigenvalue weighted by molar-refractivity contribution is -0.569. The zero-order chi connectivity index (χ0) is 15.0. The quantitative estimate of drug-likeness (QED) is 0.606. The Hall–Kier alpha value is -2.57. The van der Waals surface area contributed by atoms with Crippen molar-refractivity contribution in [3.63, 3.8) is 0 Å². The van der Waals surface area contributed by atoms with E-state index in [4.69, 9.17) is 0 Å². The molecule has 0 bridgehead atoms. The van der Waals surface area contributed by atoms with Crippen LogP contribution in [-0.4, -0.2) is 32.7 Å². The molecule has 0 saturated heterocycles. The minimum absolute atomic E-state index is 0.105. The molecular weight excluding hydrogens is 272 g/mol. The first-order chi connectivity index (χ1) is 10.1. The number of likely N-dealkylation sites (N-methyl/N-ethyl adjacent to an activating group) is 1. The fourth-order valence-electron chi connectivity index (χ4n) is 3.08. The van der Waals surface area contributed by atoms with Crippen LogP contribution in [0.3, 0.4) is 0 Å². The van der Waals surface area contributed by atoms with Gasteiger partial charge in [0.15, 0.2) is 0 Å². The van der Waals surface area contributed by atoms with Crippen LogP contribution in [0.2, 0.25) is 0 Å². The van der Waals surface area contributed by atoms with Gasteiger partial charge in [-0.3, -0.25) is 14.9 Å². The normalized spacial score (nSPS) is 25.0. The molecule has 1 atom stereocenters. The topological polar surface area (TPSA) is 89.2 Å². The van der Waals surface area contributed by atoms with Crippen molar-refractivity contribution >= 4 is 5.91 Å². The lowest BCUT2D eigenvalue weighted by Gasteiger charge is -2.38. The summed E-state index contributed by atoms with van der Waals surface area (Å²) < 4.78 is 0. The van der Waals surface area contributed by atoms with Gasteiger partial charge in [0.1, 0.15) is 12.0 Å². The highest BCUT2D eigenvalue weighted by molar-refractivity contribution is 5.81. The molecule has 2 heterocycles. The predicted octanol–water partition coefficient (Wildman–Crippen LogP) is 1.41.